The van der Waals surface area contributed by atoms with E-state index in [0.29, 0.717) is 10.0 Å². The number of halogens is 4. The second kappa shape index (κ2) is 6.60. The van der Waals surface area contributed by atoms with E-state index in [1.807, 2.05) is 0 Å². The van der Waals surface area contributed by atoms with Crippen molar-refractivity contribution < 1.29 is 27.4 Å². The number of carbonyl (C=O) groups excluding carboxylic acids is 1. The molecule has 0 saturated heterocycles. The lowest BCUT2D eigenvalue weighted by molar-refractivity contribution is -0.274. The van der Waals surface area contributed by atoms with E-state index in [2.05, 4.69) is 25.4 Å². The van der Waals surface area contributed by atoms with Crippen molar-refractivity contribution in [3.05, 3.63) is 34.3 Å². The van der Waals surface area contributed by atoms with Crippen LogP contribution in [0.1, 0.15) is 12.5 Å². The summed E-state index contributed by atoms with van der Waals surface area (Å²) in [5.41, 5.74) is 0.377. The van der Waals surface area contributed by atoms with Crippen LogP contribution in [0.25, 0.3) is 6.08 Å². The van der Waals surface area contributed by atoms with Crippen molar-refractivity contribution >= 4 is 28.0 Å². The Labute approximate surface area is 116 Å². The summed E-state index contributed by atoms with van der Waals surface area (Å²) in [7, 11) is 0. The highest BCUT2D eigenvalue weighted by molar-refractivity contribution is 9.10. The molecule has 0 fully saturated rings. The lowest BCUT2D eigenvalue weighted by Crippen LogP contribution is -2.17. The molecule has 0 radical (unpaired) electrons. The second-order valence-corrected chi connectivity index (χ2v) is 4.27. The summed E-state index contributed by atoms with van der Waals surface area (Å²) >= 11 is 3.06. The van der Waals surface area contributed by atoms with E-state index in [-0.39, 0.29) is 12.4 Å². The summed E-state index contributed by atoms with van der Waals surface area (Å²) < 4.78 is 45.1. The van der Waals surface area contributed by atoms with Crippen molar-refractivity contribution in [3.8, 4) is 5.75 Å². The summed E-state index contributed by atoms with van der Waals surface area (Å²) in [5, 5.41) is 0. The van der Waals surface area contributed by atoms with Gasteiger partial charge in [0.2, 0.25) is 0 Å². The van der Waals surface area contributed by atoms with E-state index >= 15 is 0 Å². The largest absolute Gasteiger partial charge is 0.573 e. The lowest BCUT2D eigenvalue weighted by Gasteiger charge is -2.09. The molecule has 0 unspecified atom stereocenters. The number of alkyl halides is 3. The van der Waals surface area contributed by atoms with Crippen LogP contribution in [0.4, 0.5) is 13.2 Å². The first-order valence-electron chi connectivity index (χ1n) is 5.21. The van der Waals surface area contributed by atoms with Crippen LogP contribution in [0.2, 0.25) is 0 Å². The van der Waals surface area contributed by atoms with E-state index < -0.39 is 12.3 Å². The topological polar surface area (TPSA) is 35.5 Å². The van der Waals surface area contributed by atoms with Gasteiger partial charge in [-0.1, -0.05) is 15.9 Å². The zero-order valence-electron chi connectivity index (χ0n) is 9.83. The SMILES string of the molecule is CCOC(=O)/C=C/c1cc(Br)cc(OC(F)(F)F)c1. The molecule has 0 atom stereocenters. The molecule has 0 amide bonds. The van der Waals surface area contributed by atoms with E-state index in [4.69, 9.17) is 0 Å². The maximum atomic E-state index is 12.1. The van der Waals surface area contributed by atoms with Crippen molar-refractivity contribution in [2.24, 2.45) is 0 Å². The minimum atomic E-state index is -4.76. The molecule has 0 aromatic heterocycles. The monoisotopic (exact) mass is 338 g/mol. The molecule has 7 heteroatoms. The molecule has 1 aromatic rings. The van der Waals surface area contributed by atoms with Crippen molar-refractivity contribution in [1.29, 1.82) is 0 Å². The maximum Gasteiger partial charge on any atom is 0.573 e. The highest BCUT2D eigenvalue weighted by Gasteiger charge is 2.31. The molecule has 104 valence electrons. The van der Waals surface area contributed by atoms with E-state index in [0.717, 1.165) is 12.1 Å². The fourth-order valence-corrected chi connectivity index (χ4v) is 1.72. The molecule has 0 saturated carbocycles. The standard InChI is InChI=1S/C12H10BrF3O3/c1-2-18-11(17)4-3-8-5-9(13)7-10(6-8)19-12(14,15)16/h3-7H,2H2,1H3/b4-3+. The fraction of sp³-hybridized carbons (Fsp3) is 0.250. The Bertz CT molecular complexity index is 484. The molecule has 0 heterocycles. The van der Waals surface area contributed by atoms with Crippen LogP contribution in [0, 0.1) is 0 Å². The van der Waals surface area contributed by atoms with Crippen molar-refractivity contribution in [3.63, 3.8) is 0 Å². The van der Waals surface area contributed by atoms with Crippen LogP contribution in [0.15, 0.2) is 28.7 Å². The summed E-state index contributed by atoms with van der Waals surface area (Å²) in [4.78, 5) is 11.1. The van der Waals surface area contributed by atoms with Crippen LogP contribution >= 0.6 is 15.9 Å². The first-order valence-corrected chi connectivity index (χ1v) is 6.00. The summed E-state index contributed by atoms with van der Waals surface area (Å²) in [5.74, 6) is -0.939. The van der Waals surface area contributed by atoms with Crippen molar-refractivity contribution in [2.75, 3.05) is 6.61 Å². The van der Waals surface area contributed by atoms with Crippen LogP contribution in [-0.2, 0) is 9.53 Å². The van der Waals surface area contributed by atoms with Crippen LogP contribution in [-0.4, -0.2) is 18.9 Å². The summed E-state index contributed by atoms with van der Waals surface area (Å²) in [6.45, 7) is 1.88. The van der Waals surface area contributed by atoms with Gasteiger partial charge in [0.15, 0.2) is 0 Å². The Morgan fingerprint density at radius 2 is 2.05 bits per heavy atom. The smallest absolute Gasteiger partial charge is 0.463 e. The third kappa shape index (κ3) is 6.28. The number of hydrogen-bond donors (Lipinski definition) is 0. The zero-order valence-corrected chi connectivity index (χ0v) is 11.4. The van der Waals surface area contributed by atoms with Crippen molar-refractivity contribution in [1.82, 2.24) is 0 Å². The number of esters is 1. The minimum absolute atomic E-state index is 0.226. The average molecular weight is 339 g/mol. The zero-order chi connectivity index (χ0) is 14.5. The number of benzene rings is 1. The van der Waals surface area contributed by atoms with Gasteiger partial charge in [-0.25, -0.2) is 4.79 Å². The summed E-state index contributed by atoms with van der Waals surface area (Å²) in [6, 6.07) is 3.88. The van der Waals surface area contributed by atoms with Crippen LogP contribution in [0.5, 0.6) is 5.75 Å². The van der Waals surface area contributed by atoms with Crippen molar-refractivity contribution in [2.45, 2.75) is 13.3 Å². The number of hydrogen-bond acceptors (Lipinski definition) is 3. The first kappa shape index (κ1) is 15.6. The Balaban J connectivity index is 2.88. The van der Waals surface area contributed by atoms with Gasteiger partial charge < -0.3 is 9.47 Å². The molecule has 0 spiro atoms. The normalized spacial score (nSPS) is 11.6. The third-order valence-electron chi connectivity index (χ3n) is 1.83. The maximum absolute atomic E-state index is 12.1. The average Bonchev–Trinajstić information content (AvgIpc) is 2.23. The quantitative estimate of drug-likeness (QED) is 0.616. The molecule has 1 rings (SSSR count). The second-order valence-electron chi connectivity index (χ2n) is 3.35. The Morgan fingerprint density at radius 1 is 1.37 bits per heavy atom. The molecule has 3 nitrogen and oxygen atoms in total. The highest BCUT2D eigenvalue weighted by atomic mass is 79.9. The van der Waals surface area contributed by atoms with E-state index in [9.17, 15) is 18.0 Å². The van der Waals surface area contributed by atoms with E-state index in [1.54, 1.807) is 13.0 Å². The van der Waals surface area contributed by atoms with Gasteiger partial charge in [-0.05, 0) is 36.8 Å². The Kier molecular flexibility index (Phi) is 5.41. The van der Waals surface area contributed by atoms with Gasteiger partial charge in [-0.2, -0.15) is 0 Å². The molecule has 0 aliphatic heterocycles. The molecule has 0 N–H and O–H groups in total. The molecule has 0 aliphatic carbocycles. The number of ether oxygens (including phenoxy) is 2. The highest BCUT2D eigenvalue weighted by Crippen LogP contribution is 2.27. The molecule has 0 bridgehead atoms. The predicted octanol–water partition coefficient (Wildman–Crippen LogP) is 3.92. The third-order valence-corrected chi connectivity index (χ3v) is 2.28. The van der Waals surface area contributed by atoms with Gasteiger partial charge >= 0.3 is 12.3 Å². The Hall–Kier alpha value is -1.50. The van der Waals surface area contributed by atoms with Gasteiger partial charge in [0.25, 0.3) is 0 Å². The summed E-state index contributed by atoms with van der Waals surface area (Å²) in [6.07, 6.45) is -2.29. The van der Waals surface area contributed by atoms with Gasteiger partial charge in [-0.3, -0.25) is 0 Å². The van der Waals surface area contributed by atoms with Gasteiger partial charge in [0.05, 0.1) is 6.61 Å². The minimum Gasteiger partial charge on any atom is -0.463 e. The Morgan fingerprint density at radius 3 is 2.63 bits per heavy atom. The number of carbonyl (C=O) groups is 1. The van der Waals surface area contributed by atoms with Gasteiger partial charge in [0, 0.05) is 10.5 Å². The van der Waals surface area contributed by atoms with Crippen LogP contribution < -0.4 is 4.74 Å². The molecule has 1 aromatic carbocycles. The molecule has 0 aliphatic rings. The van der Waals surface area contributed by atoms with Gasteiger partial charge in [-0.15, -0.1) is 13.2 Å². The van der Waals surface area contributed by atoms with Gasteiger partial charge in [0.1, 0.15) is 5.75 Å². The van der Waals surface area contributed by atoms with Crippen LogP contribution in [0.3, 0.4) is 0 Å². The molecular formula is C12H10BrF3O3. The van der Waals surface area contributed by atoms with E-state index in [1.165, 1.54) is 12.1 Å². The fourth-order valence-electron chi connectivity index (χ4n) is 1.23. The number of rotatable bonds is 4. The first-order chi connectivity index (χ1) is 8.80. The molecule has 19 heavy (non-hydrogen) atoms. The predicted molar refractivity (Wildman–Crippen MR) is 66.5 cm³/mol. The lowest BCUT2D eigenvalue weighted by atomic mass is 10.2. The molecular weight excluding hydrogens is 329 g/mol.